The zero-order chi connectivity index (χ0) is 13.8. The Kier molecular flexibility index (Phi) is 6.06. The van der Waals surface area contributed by atoms with Crippen molar-refractivity contribution in [1.29, 1.82) is 0 Å². The van der Waals surface area contributed by atoms with Crippen molar-refractivity contribution < 1.29 is 9.26 Å². The summed E-state index contributed by atoms with van der Waals surface area (Å²) in [5.74, 6) is 0.937. The average molecular weight is 299 g/mol. The third-order valence-corrected chi connectivity index (χ3v) is 2.47. The molecule has 0 bridgehead atoms. The quantitative estimate of drug-likeness (QED) is 0.912. The molecule has 0 radical (unpaired) electrons. The lowest BCUT2D eigenvalue weighted by Gasteiger charge is -2.06. The fourth-order valence-corrected chi connectivity index (χ4v) is 1.49. The largest absolute Gasteiger partial charge is 0.373 e. The van der Waals surface area contributed by atoms with Crippen LogP contribution in [-0.4, -0.2) is 21.2 Å². The van der Waals surface area contributed by atoms with Gasteiger partial charge in [-0.05, 0) is 32.9 Å². The van der Waals surface area contributed by atoms with Crippen LogP contribution in [0.25, 0.3) is 11.4 Å². The highest BCUT2D eigenvalue weighted by atomic mass is 35.5. The van der Waals surface area contributed by atoms with Gasteiger partial charge in [0.2, 0.25) is 11.7 Å². The van der Waals surface area contributed by atoms with Gasteiger partial charge in [-0.1, -0.05) is 5.16 Å². The Morgan fingerprint density at radius 3 is 2.70 bits per heavy atom. The fraction of sp³-hybridized carbons (Fsp3) is 0.462. The predicted octanol–water partition coefficient (Wildman–Crippen LogP) is 2.50. The first-order valence-corrected chi connectivity index (χ1v) is 6.22. The first-order valence-electron chi connectivity index (χ1n) is 6.22. The smallest absolute Gasteiger partial charge is 0.243 e. The van der Waals surface area contributed by atoms with Gasteiger partial charge in [0.05, 0.1) is 24.4 Å². The molecule has 2 heterocycles. The molecule has 0 amide bonds. The molecule has 2 rings (SSSR count). The van der Waals surface area contributed by atoms with E-state index in [1.54, 1.807) is 13.1 Å². The number of hydrogen-bond donors (Lipinski definition) is 1. The van der Waals surface area contributed by atoms with Crippen molar-refractivity contribution in [3.63, 3.8) is 0 Å². The molecule has 0 aliphatic carbocycles. The van der Waals surface area contributed by atoms with Crippen LogP contribution >= 0.6 is 12.4 Å². The number of hydrogen-bond acceptors (Lipinski definition) is 6. The van der Waals surface area contributed by atoms with Crippen LogP contribution in [0.1, 0.15) is 38.4 Å². The van der Waals surface area contributed by atoms with Gasteiger partial charge in [-0.15, -0.1) is 12.4 Å². The summed E-state index contributed by atoms with van der Waals surface area (Å²) in [7, 11) is 0. The van der Waals surface area contributed by atoms with E-state index in [9.17, 15) is 0 Å². The second-order valence-electron chi connectivity index (χ2n) is 4.64. The number of nitrogens with two attached hydrogens (primary N) is 1. The molecule has 7 heteroatoms. The maximum Gasteiger partial charge on any atom is 0.243 e. The molecule has 6 nitrogen and oxygen atoms in total. The van der Waals surface area contributed by atoms with Gasteiger partial charge in [0.15, 0.2) is 0 Å². The van der Waals surface area contributed by atoms with Gasteiger partial charge < -0.3 is 15.0 Å². The lowest BCUT2D eigenvalue weighted by atomic mass is 10.2. The molecule has 0 unspecified atom stereocenters. The summed E-state index contributed by atoms with van der Waals surface area (Å²) in [4.78, 5) is 8.49. The molecule has 2 aromatic heterocycles. The monoisotopic (exact) mass is 298 g/mol. The van der Waals surface area contributed by atoms with Gasteiger partial charge in [0.25, 0.3) is 0 Å². The maximum atomic E-state index is 5.69. The van der Waals surface area contributed by atoms with E-state index in [0.29, 0.717) is 18.3 Å². The number of halogens is 1. The lowest BCUT2D eigenvalue weighted by molar-refractivity contribution is 0.0636. The molecule has 0 saturated carbocycles. The van der Waals surface area contributed by atoms with Crippen LogP contribution < -0.4 is 5.73 Å². The summed E-state index contributed by atoms with van der Waals surface area (Å²) in [5.41, 5.74) is 7.36. The average Bonchev–Trinajstić information content (AvgIpc) is 2.86. The second kappa shape index (κ2) is 7.33. The molecule has 0 aliphatic rings. The number of pyridine rings is 1. The molecule has 1 atom stereocenters. The molecule has 0 saturated heterocycles. The summed E-state index contributed by atoms with van der Waals surface area (Å²) >= 11 is 0. The highest BCUT2D eigenvalue weighted by Gasteiger charge is 2.12. The van der Waals surface area contributed by atoms with Gasteiger partial charge in [-0.25, -0.2) is 0 Å². The van der Waals surface area contributed by atoms with E-state index in [2.05, 4.69) is 15.1 Å². The van der Waals surface area contributed by atoms with Crippen LogP contribution in [-0.2, 0) is 11.3 Å². The van der Waals surface area contributed by atoms with E-state index >= 15 is 0 Å². The number of rotatable bonds is 5. The van der Waals surface area contributed by atoms with Crippen LogP contribution in [0.4, 0.5) is 0 Å². The molecular weight excluding hydrogens is 280 g/mol. The van der Waals surface area contributed by atoms with E-state index in [1.165, 1.54) is 0 Å². The molecule has 0 fully saturated rings. The Morgan fingerprint density at radius 1 is 1.35 bits per heavy atom. The zero-order valence-electron chi connectivity index (χ0n) is 11.7. The number of ether oxygens (including phenoxy) is 1. The van der Waals surface area contributed by atoms with Crippen LogP contribution in [0.2, 0.25) is 0 Å². The van der Waals surface area contributed by atoms with Crippen LogP contribution in [0.15, 0.2) is 22.9 Å². The normalized spacial score (nSPS) is 12.2. The van der Waals surface area contributed by atoms with Crippen LogP contribution in [0.3, 0.4) is 0 Å². The molecule has 2 N–H and O–H groups in total. The van der Waals surface area contributed by atoms with Crippen molar-refractivity contribution in [3.05, 3.63) is 29.9 Å². The minimum atomic E-state index is -0.271. The Morgan fingerprint density at radius 2 is 2.10 bits per heavy atom. The SMILES string of the molecule is CC(C)OCc1cc(-c2noc([C@H](C)N)n2)ccn1.Cl. The summed E-state index contributed by atoms with van der Waals surface area (Å²) < 4.78 is 10.6. The third kappa shape index (κ3) is 4.26. The van der Waals surface area contributed by atoms with Crippen LogP contribution in [0.5, 0.6) is 0 Å². The van der Waals surface area contributed by atoms with E-state index < -0.39 is 0 Å². The van der Waals surface area contributed by atoms with Crippen molar-refractivity contribution >= 4 is 12.4 Å². The Labute approximate surface area is 124 Å². The van der Waals surface area contributed by atoms with Gasteiger partial charge in [-0.2, -0.15) is 4.98 Å². The molecule has 20 heavy (non-hydrogen) atoms. The van der Waals surface area contributed by atoms with Gasteiger partial charge in [-0.3, -0.25) is 4.98 Å². The maximum absolute atomic E-state index is 5.69. The standard InChI is InChI=1S/C13H18N4O2.ClH/c1-8(2)18-7-11-6-10(4-5-15-11)12-16-13(9(3)14)19-17-12;/h4-6,8-9H,7,14H2,1-3H3;1H/t9-;/m0./s1. The lowest BCUT2D eigenvalue weighted by Crippen LogP contribution is -2.05. The van der Waals surface area contributed by atoms with E-state index in [4.69, 9.17) is 15.0 Å². The molecule has 0 aromatic carbocycles. The molecule has 2 aromatic rings. The van der Waals surface area contributed by atoms with Gasteiger partial charge >= 0.3 is 0 Å². The van der Waals surface area contributed by atoms with E-state index in [-0.39, 0.29) is 24.6 Å². The van der Waals surface area contributed by atoms with Gasteiger partial charge in [0.1, 0.15) is 0 Å². The Bertz CT molecular complexity index is 543. The minimum Gasteiger partial charge on any atom is -0.373 e. The Hall–Kier alpha value is -1.50. The summed E-state index contributed by atoms with van der Waals surface area (Å²) in [6.45, 7) is 6.23. The molecule has 0 aliphatic heterocycles. The van der Waals surface area contributed by atoms with Crippen molar-refractivity contribution in [1.82, 2.24) is 15.1 Å². The number of aromatic nitrogens is 3. The highest BCUT2D eigenvalue weighted by Crippen LogP contribution is 2.18. The van der Waals surface area contributed by atoms with Crippen molar-refractivity contribution in [3.8, 4) is 11.4 Å². The van der Waals surface area contributed by atoms with E-state index in [1.807, 2.05) is 26.0 Å². The Balaban J connectivity index is 0.00000200. The fourth-order valence-electron chi connectivity index (χ4n) is 1.49. The second-order valence-corrected chi connectivity index (χ2v) is 4.64. The zero-order valence-corrected chi connectivity index (χ0v) is 12.6. The van der Waals surface area contributed by atoms with Crippen molar-refractivity contribution in [2.75, 3.05) is 0 Å². The predicted molar refractivity (Wildman–Crippen MR) is 77.3 cm³/mol. The minimum absolute atomic E-state index is 0. The topological polar surface area (TPSA) is 87.1 Å². The van der Waals surface area contributed by atoms with Crippen molar-refractivity contribution in [2.24, 2.45) is 5.73 Å². The first-order chi connectivity index (χ1) is 9.06. The summed E-state index contributed by atoms with van der Waals surface area (Å²) in [6, 6.07) is 3.44. The third-order valence-electron chi connectivity index (χ3n) is 2.47. The van der Waals surface area contributed by atoms with Gasteiger partial charge in [0, 0.05) is 11.8 Å². The van der Waals surface area contributed by atoms with E-state index in [0.717, 1.165) is 11.3 Å². The van der Waals surface area contributed by atoms with Crippen molar-refractivity contribution in [2.45, 2.75) is 39.5 Å². The molecule has 110 valence electrons. The van der Waals surface area contributed by atoms with Crippen LogP contribution in [0, 0.1) is 0 Å². The first kappa shape index (κ1) is 16.6. The summed E-state index contributed by atoms with van der Waals surface area (Å²) in [5, 5.41) is 3.91. The molecular formula is C13H19ClN4O2. The molecule has 0 spiro atoms. The highest BCUT2D eigenvalue weighted by molar-refractivity contribution is 5.85. The number of nitrogens with zero attached hydrogens (tertiary/aromatic N) is 3. The summed E-state index contributed by atoms with van der Waals surface area (Å²) in [6.07, 6.45) is 1.87.